The Morgan fingerprint density at radius 1 is 1.11 bits per heavy atom. The van der Waals surface area contributed by atoms with Crippen LogP contribution in [0.1, 0.15) is 11.4 Å². The van der Waals surface area contributed by atoms with E-state index in [4.69, 9.17) is 15.9 Å². The maximum absolute atomic E-state index is 8.05. The Bertz CT molecular complexity index is 370. The molecule has 2 heterocycles. The molecule has 2 aromatic rings. The van der Waals surface area contributed by atoms with Crippen LogP contribution in [0.25, 0.3) is 0 Å². The van der Waals surface area contributed by atoms with Crippen LogP contribution in [0.5, 0.6) is 0 Å². The average Bonchev–Trinajstić information content (AvgIpc) is 3.09. The Labute approximate surface area is 114 Å². The number of nitrogens with one attached hydrogen (secondary N) is 1. The molecule has 0 aliphatic rings. The van der Waals surface area contributed by atoms with Crippen molar-refractivity contribution < 1.29 is 10.2 Å². The van der Waals surface area contributed by atoms with Crippen molar-refractivity contribution in [1.29, 1.82) is 0 Å². The summed E-state index contributed by atoms with van der Waals surface area (Å²) in [5, 5.41) is 16.1. The van der Waals surface area contributed by atoms with E-state index in [9.17, 15) is 0 Å². The van der Waals surface area contributed by atoms with Crippen LogP contribution >= 0.6 is 0 Å². The summed E-state index contributed by atoms with van der Waals surface area (Å²) < 4.78 is 2.17. The van der Waals surface area contributed by atoms with Crippen LogP contribution in [-0.2, 0) is 7.05 Å². The Balaban J connectivity index is 0.000000264. The number of aromatic nitrogens is 2. The molecule has 5 nitrogen and oxygen atoms in total. The number of nitrogens with zero attached hydrogens (tertiary/aromatic N) is 1. The van der Waals surface area contributed by atoms with Gasteiger partial charge in [0.25, 0.3) is 0 Å². The zero-order valence-electron chi connectivity index (χ0n) is 11.9. The predicted octanol–water partition coefficient (Wildman–Crippen LogP) is 0.955. The quantitative estimate of drug-likeness (QED) is 0.653. The molecule has 0 aliphatic carbocycles. The fraction of sp³-hybridized carbons (Fsp3) is 0.429. The SMILES string of the molecule is Cc1ccc(C)n1C.NC(CO)CO.c1cc[nH]c1. The maximum atomic E-state index is 8.05. The molecule has 19 heavy (non-hydrogen) atoms. The molecule has 0 amide bonds. The summed E-state index contributed by atoms with van der Waals surface area (Å²) in [6, 6.07) is 7.68. The van der Waals surface area contributed by atoms with Crippen LogP contribution in [0.4, 0.5) is 0 Å². The summed E-state index contributed by atoms with van der Waals surface area (Å²) in [4.78, 5) is 2.86. The lowest BCUT2D eigenvalue weighted by molar-refractivity contribution is 0.194. The Morgan fingerprint density at radius 3 is 1.63 bits per heavy atom. The van der Waals surface area contributed by atoms with E-state index in [0.717, 1.165) is 0 Å². The molecule has 0 saturated heterocycles. The molecular weight excluding hydrogens is 242 g/mol. The van der Waals surface area contributed by atoms with Crippen molar-refractivity contribution in [2.45, 2.75) is 19.9 Å². The zero-order chi connectivity index (χ0) is 14.7. The summed E-state index contributed by atoms with van der Waals surface area (Å²) in [7, 11) is 2.07. The van der Waals surface area contributed by atoms with Gasteiger partial charge in [0.05, 0.1) is 19.3 Å². The van der Waals surface area contributed by atoms with Crippen molar-refractivity contribution in [1.82, 2.24) is 9.55 Å². The molecule has 0 bridgehead atoms. The highest BCUT2D eigenvalue weighted by atomic mass is 16.3. The predicted molar refractivity (Wildman–Crippen MR) is 77.8 cm³/mol. The molecule has 5 heteroatoms. The number of aryl methyl sites for hydroxylation is 2. The first-order valence-electron chi connectivity index (χ1n) is 6.16. The van der Waals surface area contributed by atoms with Crippen molar-refractivity contribution in [3.63, 3.8) is 0 Å². The van der Waals surface area contributed by atoms with Gasteiger partial charge in [0, 0.05) is 30.8 Å². The third-order valence-corrected chi connectivity index (χ3v) is 2.59. The fourth-order valence-electron chi connectivity index (χ4n) is 1.08. The molecule has 2 rings (SSSR count). The minimum absolute atomic E-state index is 0.142. The van der Waals surface area contributed by atoms with Gasteiger partial charge < -0.3 is 25.5 Å². The average molecular weight is 267 g/mol. The highest BCUT2D eigenvalue weighted by Crippen LogP contribution is 2.02. The standard InChI is InChI=1S/C7H11N.C4H5N.C3H9NO2/c1-6-4-5-7(2)8(6)3;1-2-4-5-3-1;4-3(1-5)2-6/h4-5H,1-3H3;1-5H;3,5-6H,1-2,4H2. The van der Waals surface area contributed by atoms with Crippen molar-refractivity contribution in [3.05, 3.63) is 48.0 Å². The smallest absolute Gasteiger partial charge is 0.0605 e. The number of rotatable bonds is 2. The number of H-pyrrole nitrogens is 1. The molecule has 0 fully saturated rings. The van der Waals surface area contributed by atoms with Gasteiger partial charge in [-0.25, -0.2) is 0 Å². The molecule has 0 spiro atoms. The summed E-state index contributed by atoms with van der Waals surface area (Å²) in [6.07, 6.45) is 3.75. The van der Waals surface area contributed by atoms with Crippen LogP contribution in [0.15, 0.2) is 36.7 Å². The minimum atomic E-state index is -0.454. The lowest BCUT2D eigenvalue weighted by Gasteiger charge is -1.98. The third kappa shape index (κ3) is 8.20. The van der Waals surface area contributed by atoms with Crippen LogP contribution in [0.3, 0.4) is 0 Å². The number of hydrogen-bond donors (Lipinski definition) is 4. The van der Waals surface area contributed by atoms with Gasteiger partial charge in [0.1, 0.15) is 0 Å². The number of aliphatic hydroxyl groups excluding tert-OH is 2. The van der Waals surface area contributed by atoms with Gasteiger partial charge >= 0.3 is 0 Å². The molecule has 0 saturated carbocycles. The van der Waals surface area contributed by atoms with Crippen LogP contribution in [0, 0.1) is 13.8 Å². The van der Waals surface area contributed by atoms with Gasteiger partial charge in [-0.15, -0.1) is 0 Å². The second-order valence-corrected chi connectivity index (χ2v) is 4.19. The molecule has 0 unspecified atom stereocenters. The Hall–Kier alpha value is -1.56. The second-order valence-electron chi connectivity index (χ2n) is 4.19. The first-order valence-corrected chi connectivity index (χ1v) is 6.16. The van der Waals surface area contributed by atoms with Crippen LogP contribution in [-0.4, -0.2) is 39.0 Å². The van der Waals surface area contributed by atoms with Gasteiger partial charge in [0.15, 0.2) is 0 Å². The highest BCUT2D eigenvalue weighted by molar-refractivity contribution is 5.12. The van der Waals surface area contributed by atoms with Crippen molar-refractivity contribution >= 4 is 0 Å². The van der Waals surface area contributed by atoms with Crippen molar-refractivity contribution in [2.24, 2.45) is 12.8 Å². The van der Waals surface area contributed by atoms with E-state index in [1.165, 1.54) is 11.4 Å². The van der Waals surface area contributed by atoms with E-state index in [-0.39, 0.29) is 13.2 Å². The largest absolute Gasteiger partial charge is 0.395 e. The van der Waals surface area contributed by atoms with E-state index >= 15 is 0 Å². The molecule has 0 atom stereocenters. The van der Waals surface area contributed by atoms with Crippen molar-refractivity contribution in [3.8, 4) is 0 Å². The number of nitrogens with two attached hydrogens (primary N) is 1. The Morgan fingerprint density at radius 2 is 1.53 bits per heavy atom. The van der Waals surface area contributed by atoms with E-state index in [1.807, 2.05) is 24.5 Å². The van der Waals surface area contributed by atoms with E-state index in [0.29, 0.717) is 0 Å². The zero-order valence-corrected chi connectivity index (χ0v) is 11.9. The van der Waals surface area contributed by atoms with Gasteiger partial charge in [0.2, 0.25) is 0 Å². The topological polar surface area (TPSA) is 87.2 Å². The van der Waals surface area contributed by atoms with E-state index in [1.54, 1.807) is 0 Å². The fourth-order valence-corrected chi connectivity index (χ4v) is 1.08. The molecule has 0 radical (unpaired) electrons. The summed E-state index contributed by atoms with van der Waals surface area (Å²) in [6.45, 7) is 3.92. The molecule has 0 aliphatic heterocycles. The molecular formula is C14H25N3O2. The van der Waals surface area contributed by atoms with E-state index in [2.05, 4.69) is 42.6 Å². The first-order chi connectivity index (χ1) is 9.02. The van der Waals surface area contributed by atoms with E-state index < -0.39 is 6.04 Å². The third-order valence-electron chi connectivity index (χ3n) is 2.59. The molecule has 108 valence electrons. The first kappa shape index (κ1) is 17.4. The van der Waals surface area contributed by atoms with Gasteiger partial charge in [-0.05, 0) is 38.1 Å². The molecule has 5 N–H and O–H groups in total. The number of hydrogen-bond acceptors (Lipinski definition) is 3. The summed E-state index contributed by atoms with van der Waals surface area (Å²) in [5.74, 6) is 0. The van der Waals surface area contributed by atoms with Crippen LogP contribution < -0.4 is 5.73 Å². The number of aromatic amines is 1. The van der Waals surface area contributed by atoms with Gasteiger partial charge in [-0.3, -0.25) is 0 Å². The van der Waals surface area contributed by atoms with Gasteiger partial charge in [-0.1, -0.05) is 0 Å². The van der Waals surface area contributed by atoms with Gasteiger partial charge in [-0.2, -0.15) is 0 Å². The summed E-state index contributed by atoms with van der Waals surface area (Å²) >= 11 is 0. The maximum Gasteiger partial charge on any atom is 0.0605 e. The lowest BCUT2D eigenvalue weighted by atomic mass is 10.4. The molecule has 2 aromatic heterocycles. The second kappa shape index (κ2) is 10.4. The summed E-state index contributed by atoms with van der Waals surface area (Å²) in [5.41, 5.74) is 7.62. The van der Waals surface area contributed by atoms with Crippen molar-refractivity contribution in [2.75, 3.05) is 13.2 Å². The monoisotopic (exact) mass is 267 g/mol. The normalized spacial score (nSPS) is 9.42. The minimum Gasteiger partial charge on any atom is -0.395 e. The Kier molecular flexibility index (Phi) is 9.52. The molecule has 0 aromatic carbocycles. The number of aliphatic hydroxyl groups is 2. The highest BCUT2D eigenvalue weighted by Gasteiger charge is 1.92. The van der Waals surface area contributed by atoms with Crippen LogP contribution in [0.2, 0.25) is 0 Å². The lowest BCUT2D eigenvalue weighted by Crippen LogP contribution is -2.27.